The summed E-state index contributed by atoms with van der Waals surface area (Å²) in [6.45, 7) is 4.52. The molecule has 0 fully saturated rings. The maximum absolute atomic E-state index is 12.6. The van der Waals surface area contributed by atoms with Gasteiger partial charge in [-0.2, -0.15) is 0 Å². The lowest BCUT2D eigenvalue weighted by Crippen LogP contribution is -2.15. The molecular weight excluding hydrogens is 312 g/mol. The molecule has 0 aliphatic heterocycles. The van der Waals surface area contributed by atoms with Gasteiger partial charge in [0.25, 0.3) is 10.0 Å². The van der Waals surface area contributed by atoms with Crippen molar-refractivity contribution < 1.29 is 13.2 Å². The molecule has 23 heavy (non-hydrogen) atoms. The third-order valence-corrected chi connectivity index (χ3v) is 4.69. The van der Waals surface area contributed by atoms with Crippen LogP contribution in [0.4, 0.5) is 5.82 Å². The molecule has 6 heteroatoms. The van der Waals surface area contributed by atoms with Crippen LogP contribution in [-0.4, -0.2) is 20.0 Å². The third kappa shape index (κ3) is 4.96. The summed E-state index contributed by atoms with van der Waals surface area (Å²) in [5.74, 6) is 0.662. The summed E-state index contributed by atoms with van der Waals surface area (Å²) in [4.78, 5) is 4.12. The molecule has 0 amide bonds. The lowest BCUT2D eigenvalue weighted by atomic mass is 10.2. The summed E-state index contributed by atoms with van der Waals surface area (Å²) in [6.07, 6.45) is 4.58. The van der Waals surface area contributed by atoms with E-state index >= 15 is 0 Å². The number of pyridine rings is 1. The zero-order valence-corrected chi connectivity index (χ0v) is 14.3. The number of aromatic nitrogens is 1. The Hall–Kier alpha value is -2.08. The van der Waals surface area contributed by atoms with E-state index in [-0.39, 0.29) is 10.7 Å². The van der Waals surface area contributed by atoms with E-state index in [2.05, 4.69) is 16.6 Å². The SMILES string of the molecule is CCCCCOc1cc(C)ccc1S(=O)(=O)Nc1ccccn1. The minimum Gasteiger partial charge on any atom is -0.492 e. The molecule has 0 bridgehead atoms. The van der Waals surface area contributed by atoms with Crippen LogP contribution in [0.1, 0.15) is 31.7 Å². The Labute approximate surface area is 137 Å². The molecule has 1 heterocycles. The van der Waals surface area contributed by atoms with E-state index < -0.39 is 10.0 Å². The summed E-state index contributed by atoms with van der Waals surface area (Å²) >= 11 is 0. The number of unbranched alkanes of at least 4 members (excludes halogenated alkanes) is 2. The number of sulfonamides is 1. The zero-order chi connectivity index (χ0) is 16.7. The Bertz CT molecular complexity index is 731. The van der Waals surface area contributed by atoms with Gasteiger partial charge >= 0.3 is 0 Å². The van der Waals surface area contributed by atoms with Gasteiger partial charge in [-0.05, 0) is 43.2 Å². The highest BCUT2D eigenvalue weighted by Gasteiger charge is 2.20. The second-order valence-corrected chi connectivity index (χ2v) is 6.98. The van der Waals surface area contributed by atoms with Gasteiger partial charge in [0.15, 0.2) is 0 Å². The molecule has 1 aromatic carbocycles. The summed E-state index contributed by atoms with van der Waals surface area (Å²) in [5, 5.41) is 0. The Morgan fingerprint density at radius 1 is 1.17 bits per heavy atom. The van der Waals surface area contributed by atoms with Gasteiger partial charge in [-0.3, -0.25) is 4.72 Å². The minimum absolute atomic E-state index is 0.130. The number of anilines is 1. The van der Waals surface area contributed by atoms with Crippen molar-refractivity contribution in [2.45, 2.75) is 38.0 Å². The average molecular weight is 334 g/mol. The second-order valence-electron chi connectivity index (χ2n) is 5.33. The largest absolute Gasteiger partial charge is 0.492 e. The van der Waals surface area contributed by atoms with Crippen LogP contribution >= 0.6 is 0 Å². The normalized spacial score (nSPS) is 11.2. The van der Waals surface area contributed by atoms with Gasteiger partial charge in [0, 0.05) is 6.20 Å². The van der Waals surface area contributed by atoms with Crippen molar-refractivity contribution in [1.82, 2.24) is 4.98 Å². The average Bonchev–Trinajstić information content (AvgIpc) is 2.52. The third-order valence-electron chi connectivity index (χ3n) is 3.30. The molecule has 0 saturated heterocycles. The Kier molecular flexibility index (Phi) is 5.98. The van der Waals surface area contributed by atoms with Crippen LogP contribution < -0.4 is 9.46 Å². The fraction of sp³-hybridized carbons (Fsp3) is 0.353. The van der Waals surface area contributed by atoms with Crippen molar-refractivity contribution in [3.05, 3.63) is 48.2 Å². The molecule has 0 saturated carbocycles. The van der Waals surface area contributed by atoms with E-state index in [0.717, 1.165) is 24.8 Å². The molecule has 0 radical (unpaired) electrons. The first-order valence-corrected chi connectivity index (χ1v) is 9.18. The number of nitrogens with one attached hydrogen (secondary N) is 1. The first kappa shape index (κ1) is 17.3. The molecular formula is C17H22N2O3S. The number of hydrogen-bond acceptors (Lipinski definition) is 4. The van der Waals surface area contributed by atoms with E-state index in [0.29, 0.717) is 12.4 Å². The maximum atomic E-state index is 12.6. The van der Waals surface area contributed by atoms with Crippen molar-refractivity contribution >= 4 is 15.8 Å². The molecule has 2 aromatic rings. The standard InChI is InChI=1S/C17H22N2O3S/c1-3-4-7-12-22-15-13-14(2)9-10-16(15)23(20,21)19-17-8-5-6-11-18-17/h5-6,8-11,13H,3-4,7,12H2,1-2H3,(H,18,19). The number of hydrogen-bond donors (Lipinski definition) is 1. The molecule has 0 aliphatic rings. The van der Waals surface area contributed by atoms with Crippen LogP contribution in [0.2, 0.25) is 0 Å². The van der Waals surface area contributed by atoms with E-state index in [1.54, 1.807) is 36.4 Å². The van der Waals surface area contributed by atoms with Crippen molar-refractivity contribution in [1.29, 1.82) is 0 Å². The summed E-state index contributed by atoms with van der Waals surface area (Å²) in [6, 6.07) is 10.1. The molecule has 5 nitrogen and oxygen atoms in total. The molecule has 2 rings (SSSR count). The van der Waals surface area contributed by atoms with Gasteiger partial charge in [-0.25, -0.2) is 13.4 Å². The van der Waals surface area contributed by atoms with Crippen LogP contribution in [0.3, 0.4) is 0 Å². The highest BCUT2D eigenvalue weighted by Crippen LogP contribution is 2.27. The molecule has 0 unspecified atom stereocenters. The summed E-state index contributed by atoms with van der Waals surface area (Å²) < 4.78 is 33.4. The first-order chi connectivity index (χ1) is 11.0. The van der Waals surface area contributed by atoms with E-state index in [1.807, 2.05) is 6.92 Å². The van der Waals surface area contributed by atoms with E-state index in [1.165, 1.54) is 6.20 Å². The highest BCUT2D eigenvalue weighted by molar-refractivity contribution is 7.92. The molecule has 1 N–H and O–H groups in total. The Morgan fingerprint density at radius 2 is 2.00 bits per heavy atom. The first-order valence-electron chi connectivity index (χ1n) is 7.70. The van der Waals surface area contributed by atoms with Gasteiger partial charge in [0.1, 0.15) is 16.5 Å². The van der Waals surface area contributed by atoms with E-state index in [9.17, 15) is 8.42 Å². The van der Waals surface area contributed by atoms with Gasteiger partial charge in [-0.1, -0.05) is 31.9 Å². The van der Waals surface area contributed by atoms with Crippen LogP contribution in [0.15, 0.2) is 47.5 Å². The van der Waals surface area contributed by atoms with Gasteiger partial charge < -0.3 is 4.74 Å². The lowest BCUT2D eigenvalue weighted by molar-refractivity contribution is 0.298. The van der Waals surface area contributed by atoms with Gasteiger partial charge in [0.2, 0.25) is 0 Å². The van der Waals surface area contributed by atoms with Crippen molar-refractivity contribution in [3.8, 4) is 5.75 Å². The minimum atomic E-state index is -3.74. The zero-order valence-electron chi connectivity index (χ0n) is 13.5. The summed E-state index contributed by atoms with van der Waals surface area (Å²) in [5.41, 5.74) is 0.951. The summed E-state index contributed by atoms with van der Waals surface area (Å²) in [7, 11) is -3.74. The topological polar surface area (TPSA) is 68.3 Å². The van der Waals surface area contributed by atoms with Gasteiger partial charge in [0.05, 0.1) is 6.61 Å². The highest BCUT2D eigenvalue weighted by atomic mass is 32.2. The predicted molar refractivity (Wildman–Crippen MR) is 91.2 cm³/mol. The number of rotatable bonds is 8. The molecule has 0 aliphatic carbocycles. The predicted octanol–water partition coefficient (Wildman–Crippen LogP) is 3.76. The number of aryl methyl sites for hydroxylation is 1. The molecule has 124 valence electrons. The number of nitrogens with zero attached hydrogens (tertiary/aromatic N) is 1. The van der Waals surface area contributed by atoms with Crippen LogP contribution in [0.5, 0.6) is 5.75 Å². The van der Waals surface area contributed by atoms with E-state index in [4.69, 9.17) is 4.74 Å². The molecule has 0 atom stereocenters. The number of ether oxygens (including phenoxy) is 1. The van der Waals surface area contributed by atoms with Crippen LogP contribution in [-0.2, 0) is 10.0 Å². The van der Waals surface area contributed by atoms with Crippen molar-refractivity contribution in [3.63, 3.8) is 0 Å². The quantitative estimate of drug-likeness (QED) is 0.746. The Balaban J connectivity index is 2.23. The smallest absolute Gasteiger partial charge is 0.266 e. The second kappa shape index (κ2) is 7.97. The lowest BCUT2D eigenvalue weighted by Gasteiger charge is -2.13. The van der Waals surface area contributed by atoms with Gasteiger partial charge in [-0.15, -0.1) is 0 Å². The Morgan fingerprint density at radius 3 is 2.70 bits per heavy atom. The van der Waals surface area contributed by atoms with Crippen LogP contribution in [0, 0.1) is 6.92 Å². The molecule has 0 spiro atoms. The fourth-order valence-electron chi connectivity index (χ4n) is 2.10. The maximum Gasteiger partial charge on any atom is 0.266 e. The monoisotopic (exact) mass is 334 g/mol. The van der Waals surface area contributed by atoms with Crippen molar-refractivity contribution in [2.24, 2.45) is 0 Å². The fourth-order valence-corrected chi connectivity index (χ4v) is 3.24. The van der Waals surface area contributed by atoms with Crippen LogP contribution in [0.25, 0.3) is 0 Å². The molecule has 1 aromatic heterocycles. The number of benzene rings is 1. The van der Waals surface area contributed by atoms with Crippen molar-refractivity contribution in [2.75, 3.05) is 11.3 Å².